The average Bonchev–Trinajstić information content (AvgIpc) is 2.79. The van der Waals surface area contributed by atoms with Crippen molar-refractivity contribution in [3.05, 3.63) is 95.1 Å². The summed E-state index contributed by atoms with van der Waals surface area (Å²) in [6.07, 6.45) is -0.733. The van der Waals surface area contributed by atoms with Crippen LogP contribution in [0.5, 0.6) is 5.75 Å². The number of ether oxygens (including phenoxy) is 1. The first kappa shape index (κ1) is 24.1. The van der Waals surface area contributed by atoms with Gasteiger partial charge in [0.25, 0.3) is 11.8 Å². The molecule has 2 N–H and O–H groups in total. The lowest BCUT2D eigenvalue weighted by atomic mass is 10.0. The summed E-state index contributed by atoms with van der Waals surface area (Å²) in [5, 5.41) is 5.86. The van der Waals surface area contributed by atoms with E-state index in [-0.39, 0.29) is 23.8 Å². The lowest BCUT2D eigenvalue weighted by Crippen LogP contribution is -2.32. The number of nitrogens with one attached hydrogen (secondary N) is 2. The zero-order chi connectivity index (χ0) is 24.0. The highest BCUT2D eigenvalue weighted by Gasteiger charge is 2.21. The van der Waals surface area contributed by atoms with Crippen LogP contribution in [0.3, 0.4) is 0 Å². The Morgan fingerprint density at radius 3 is 2.21 bits per heavy atom. The third kappa shape index (κ3) is 6.22. The van der Waals surface area contributed by atoms with Crippen molar-refractivity contribution in [2.45, 2.75) is 52.7 Å². The van der Waals surface area contributed by atoms with E-state index in [4.69, 9.17) is 4.74 Å². The molecule has 0 saturated carbocycles. The minimum atomic E-state index is -0.733. The molecule has 0 aliphatic carbocycles. The molecule has 0 bridgehead atoms. The third-order valence-corrected chi connectivity index (χ3v) is 5.54. The van der Waals surface area contributed by atoms with Crippen molar-refractivity contribution in [2.75, 3.05) is 5.32 Å². The summed E-state index contributed by atoms with van der Waals surface area (Å²) in [6, 6.07) is 22.6. The molecule has 0 fully saturated rings. The molecule has 3 aromatic carbocycles. The molecule has 5 nitrogen and oxygen atoms in total. The van der Waals surface area contributed by atoms with Crippen LogP contribution >= 0.6 is 0 Å². The third-order valence-electron chi connectivity index (χ3n) is 5.54. The predicted octanol–water partition coefficient (Wildman–Crippen LogP) is 6.02. The first-order valence-electron chi connectivity index (χ1n) is 11.3. The minimum absolute atomic E-state index is 0.166. The number of rotatable bonds is 8. The van der Waals surface area contributed by atoms with Crippen LogP contribution < -0.4 is 15.4 Å². The second-order valence-electron chi connectivity index (χ2n) is 8.60. The highest BCUT2D eigenvalue weighted by atomic mass is 16.5. The van der Waals surface area contributed by atoms with Gasteiger partial charge in [-0.25, -0.2) is 0 Å². The molecule has 33 heavy (non-hydrogen) atoms. The predicted molar refractivity (Wildman–Crippen MR) is 133 cm³/mol. The summed E-state index contributed by atoms with van der Waals surface area (Å²) >= 11 is 0. The molecule has 172 valence electrons. The number of hydrogen-bond acceptors (Lipinski definition) is 3. The zero-order valence-electron chi connectivity index (χ0n) is 19.9. The van der Waals surface area contributed by atoms with Crippen LogP contribution in [-0.2, 0) is 4.79 Å². The highest BCUT2D eigenvalue weighted by molar-refractivity contribution is 6.04. The fourth-order valence-corrected chi connectivity index (χ4v) is 3.59. The number of hydrogen-bond donors (Lipinski definition) is 2. The summed E-state index contributed by atoms with van der Waals surface area (Å²) in [5.74, 6) is 0.404. The van der Waals surface area contributed by atoms with Crippen LogP contribution in [0.25, 0.3) is 0 Å². The molecule has 2 unspecified atom stereocenters. The van der Waals surface area contributed by atoms with Crippen LogP contribution in [0.1, 0.15) is 66.7 Å². The van der Waals surface area contributed by atoms with E-state index < -0.39 is 6.10 Å². The molecule has 0 radical (unpaired) electrons. The van der Waals surface area contributed by atoms with Gasteiger partial charge in [-0.15, -0.1) is 0 Å². The Kier molecular flexibility index (Phi) is 7.88. The van der Waals surface area contributed by atoms with Gasteiger partial charge in [-0.3, -0.25) is 9.59 Å². The Morgan fingerprint density at radius 1 is 0.848 bits per heavy atom. The zero-order valence-corrected chi connectivity index (χ0v) is 19.9. The normalized spacial score (nSPS) is 12.7. The standard InChI is InChI=1S/C28H32N2O3/c1-18(2)23-16-15-19(3)17-26(23)33-21(5)27(31)30-25-14-10-9-13-24(25)28(32)29-20(4)22-11-7-6-8-12-22/h6-18,20-21H,1-5H3,(H,29,32)(H,30,31). The van der Waals surface area contributed by atoms with Gasteiger partial charge in [-0.1, -0.05) is 68.4 Å². The molecule has 0 heterocycles. The van der Waals surface area contributed by atoms with Crippen LogP contribution in [0.2, 0.25) is 0 Å². The van der Waals surface area contributed by atoms with E-state index in [9.17, 15) is 9.59 Å². The van der Waals surface area contributed by atoms with Gasteiger partial charge in [-0.05, 0) is 61.6 Å². The molecule has 0 aromatic heterocycles. The Balaban J connectivity index is 1.72. The van der Waals surface area contributed by atoms with Crippen LogP contribution in [0.15, 0.2) is 72.8 Å². The van der Waals surface area contributed by atoms with E-state index in [0.29, 0.717) is 17.0 Å². The number of para-hydroxylation sites is 1. The second kappa shape index (κ2) is 10.8. The lowest BCUT2D eigenvalue weighted by Gasteiger charge is -2.20. The second-order valence-corrected chi connectivity index (χ2v) is 8.60. The molecule has 2 amide bonds. The quantitative estimate of drug-likeness (QED) is 0.447. The monoisotopic (exact) mass is 444 g/mol. The molecular weight excluding hydrogens is 412 g/mol. The maximum atomic E-state index is 13.0. The van der Waals surface area contributed by atoms with Gasteiger partial charge in [0.15, 0.2) is 6.10 Å². The largest absolute Gasteiger partial charge is 0.481 e. The average molecular weight is 445 g/mol. The van der Waals surface area contributed by atoms with Gasteiger partial charge < -0.3 is 15.4 Å². The van der Waals surface area contributed by atoms with E-state index in [0.717, 1.165) is 16.7 Å². The molecule has 5 heteroatoms. The van der Waals surface area contributed by atoms with Crippen molar-refractivity contribution in [3.63, 3.8) is 0 Å². The van der Waals surface area contributed by atoms with Crippen LogP contribution in [-0.4, -0.2) is 17.9 Å². The highest BCUT2D eigenvalue weighted by Crippen LogP contribution is 2.28. The first-order chi connectivity index (χ1) is 15.8. The Hall–Kier alpha value is -3.60. The van der Waals surface area contributed by atoms with E-state index >= 15 is 0 Å². The van der Waals surface area contributed by atoms with E-state index in [1.54, 1.807) is 31.2 Å². The topological polar surface area (TPSA) is 67.4 Å². The molecule has 3 aromatic rings. The molecule has 0 aliphatic heterocycles. The summed E-state index contributed by atoms with van der Waals surface area (Å²) in [4.78, 5) is 25.9. The van der Waals surface area contributed by atoms with Gasteiger partial charge in [0.05, 0.1) is 17.3 Å². The minimum Gasteiger partial charge on any atom is -0.481 e. The van der Waals surface area contributed by atoms with Crippen molar-refractivity contribution in [1.82, 2.24) is 5.32 Å². The molecule has 3 rings (SSSR count). The number of benzene rings is 3. The maximum Gasteiger partial charge on any atom is 0.265 e. The molecule has 0 saturated heterocycles. The summed E-state index contributed by atoms with van der Waals surface area (Å²) in [6.45, 7) is 9.81. The Morgan fingerprint density at radius 2 is 1.52 bits per heavy atom. The summed E-state index contributed by atoms with van der Waals surface area (Å²) < 4.78 is 6.03. The fraction of sp³-hybridized carbons (Fsp3) is 0.286. The summed E-state index contributed by atoms with van der Waals surface area (Å²) in [5.41, 5.74) is 3.98. The van der Waals surface area contributed by atoms with Crippen molar-refractivity contribution < 1.29 is 14.3 Å². The molecule has 0 spiro atoms. The van der Waals surface area contributed by atoms with E-state index in [2.05, 4.69) is 24.5 Å². The maximum absolute atomic E-state index is 13.0. The summed E-state index contributed by atoms with van der Waals surface area (Å²) in [7, 11) is 0. The molecular formula is C28H32N2O3. The number of carbonyl (C=O) groups is 2. The van der Waals surface area contributed by atoms with Gasteiger partial charge >= 0.3 is 0 Å². The first-order valence-corrected chi connectivity index (χ1v) is 11.3. The number of carbonyl (C=O) groups excluding carboxylic acids is 2. The van der Waals surface area contributed by atoms with Gasteiger partial charge in [0.2, 0.25) is 0 Å². The Bertz CT molecular complexity index is 1110. The van der Waals surface area contributed by atoms with Gasteiger partial charge in [0, 0.05) is 0 Å². The molecule has 2 atom stereocenters. The molecule has 0 aliphatic rings. The van der Waals surface area contributed by atoms with Crippen molar-refractivity contribution in [1.29, 1.82) is 0 Å². The lowest BCUT2D eigenvalue weighted by molar-refractivity contribution is -0.122. The van der Waals surface area contributed by atoms with Gasteiger partial charge in [0.1, 0.15) is 5.75 Å². The smallest absolute Gasteiger partial charge is 0.265 e. The Labute approximate surface area is 196 Å². The number of amides is 2. The van der Waals surface area contributed by atoms with Crippen molar-refractivity contribution in [2.24, 2.45) is 0 Å². The van der Waals surface area contributed by atoms with E-state index in [1.165, 1.54) is 0 Å². The SMILES string of the molecule is Cc1ccc(C(C)C)c(OC(C)C(=O)Nc2ccccc2C(=O)NC(C)c2ccccc2)c1. The van der Waals surface area contributed by atoms with Crippen LogP contribution in [0, 0.1) is 6.92 Å². The van der Waals surface area contributed by atoms with Crippen molar-refractivity contribution >= 4 is 17.5 Å². The van der Waals surface area contributed by atoms with Crippen molar-refractivity contribution in [3.8, 4) is 5.75 Å². The van der Waals surface area contributed by atoms with E-state index in [1.807, 2.05) is 62.4 Å². The number of aryl methyl sites for hydroxylation is 1. The van der Waals surface area contributed by atoms with Gasteiger partial charge in [-0.2, -0.15) is 0 Å². The van der Waals surface area contributed by atoms with Crippen LogP contribution in [0.4, 0.5) is 5.69 Å². The fourth-order valence-electron chi connectivity index (χ4n) is 3.59. The number of anilines is 1.